The number of hydrogen-bond donors (Lipinski definition) is 3. The van der Waals surface area contributed by atoms with Gasteiger partial charge >= 0.3 is 6.03 Å². The van der Waals surface area contributed by atoms with Crippen molar-refractivity contribution >= 4 is 11.9 Å². The van der Waals surface area contributed by atoms with Gasteiger partial charge in [-0.1, -0.05) is 13.8 Å². The average Bonchev–Trinajstić information content (AvgIpc) is 2.38. The van der Waals surface area contributed by atoms with Crippen LogP contribution in [0.5, 0.6) is 0 Å². The summed E-state index contributed by atoms with van der Waals surface area (Å²) in [6.07, 6.45) is 3.83. The lowest BCUT2D eigenvalue weighted by molar-refractivity contribution is -0.121. The Hall–Kier alpha value is -1.14. The number of aliphatic hydroxyl groups is 1. The van der Waals surface area contributed by atoms with Gasteiger partial charge in [0.25, 0.3) is 0 Å². The van der Waals surface area contributed by atoms with Gasteiger partial charge in [0.2, 0.25) is 5.91 Å². The number of carbonyl (C=O) groups is 2. The quantitative estimate of drug-likeness (QED) is 0.654. The minimum Gasteiger partial charge on any atom is -0.396 e. The van der Waals surface area contributed by atoms with Gasteiger partial charge < -0.3 is 10.4 Å². The van der Waals surface area contributed by atoms with Crippen molar-refractivity contribution in [2.45, 2.75) is 39.5 Å². The number of urea groups is 1. The first-order chi connectivity index (χ1) is 10.0. The Morgan fingerprint density at radius 1 is 1.38 bits per heavy atom. The van der Waals surface area contributed by atoms with E-state index in [0.717, 1.165) is 38.8 Å². The number of nitrogens with one attached hydrogen (secondary N) is 2. The van der Waals surface area contributed by atoms with Crippen LogP contribution in [-0.2, 0) is 4.79 Å². The zero-order valence-electron chi connectivity index (χ0n) is 13.2. The summed E-state index contributed by atoms with van der Waals surface area (Å²) in [5, 5.41) is 14.0. The van der Waals surface area contributed by atoms with Crippen LogP contribution in [0.4, 0.5) is 4.79 Å². The van der Waals surface area contributed by atoms with Crippen LogP contribution in [-0.4, -0.2) is 54.7 Å². The van der Waals surface area contributed by atoms with Crippen LogP contribution < -0.4 is 10.6 Å². The Morgan fingerprint density at radius 2 is 2.14 bits per heavy atom. The van der Waals surface area contributed by atoms with E-state index in [-0.39, 0.29) is 19.1 Å². The van der Waals surface area contributed by atoms with Gasteiger partial charge in [-0.15, -0.1) is 0 Å². The molecule has 6 nitrogen and oxygen atoms in total. The summed E-state index contributed by atoms with van der Waals surface area (Å²) in [7, 11) is 0. The molecular weight excluding hydrogens is 270 g/mol. The summed E-state index contributed by atoms with van der Waals surface area (Å²) in [4.78, 5) is 25.4. The number of aliphatic hydroxyl groups excluding tert-OH is 1. The predicted molar refractivity (Wildman–Crippen MR) is 81.9 cm³/mol. The third kappa shape index (κ3) is 8.02. The largest absolute Gasteiger partial charge is 0.396 e. The Bertz CT molecular complexity index is 332. The number of likely N-dealkylation sites (tertiary alicyclic amines) is 1. The molecule has 1 fully saturated rings. The molecule has 0 aliphatic carbocycles. The van der Waals surface area contributed by atoms with Crippen molar-refractivity contribution in [2.24, 2.45) is 11.8 Å². The summed E-state index contributed by atoms with van der Waals surface area (Å²) >= 11 is 0. The molecule has 3 amide bonds. The maximum Gasteiger partial charge on any atom is 0.321 e. The van der Waals surface area contributed by atoms with Gasteiger partial charge in [0, 0.05) is 19.7 Å². The van der Waals surface area contributed by atoms with E-state index in [1.807, 2.05) is 0 Å². The van der Waals surface area contributed by atoms with Gasteiger partial charge in [-0.2, -0.15) is 0 Å². The second-order valence-corrected chi connectivity index (χ2v) is 6.24. The van der Waals surface area contributed by atoms with E-state index < -0.39 is 6.03 Å². The Kier molecular flexibility index (Phi) is 8.30. The van der Waals surface area contributed by atoms with E-state index in [2.05, 4.69) is 29.4 Å². The minimum absolute atomic E-state index is 0.197. The van der Waals surface area contributed by atoms with Crippen LogP contribution in [0.1, 0.15) is 39.5 Å². The van der Waals surface area contributed by atoms with Crippen LogP contribution >= 0.6 is 0 Å². The molecule has 1 unspecified atom stereocenters. The second-order valence-electron chi connectivity index (χ2n) is 6.24. The number of imide groups is 1. The van der Waals surface area contributed by atoms with E-state index in [9.17, 15) is 9.59 Å². The Labute approximate surface area is 127 Å². The number of carbonyl (C=O) groups excluding carboxylic acids is 2. The highest BCUT2D eigenvalue weighted by Crippen LogP contribution is 2.18. The molecule has 1 rings (SSSR count). The first kappa shape index (κ1) is 17.9. The minimum atomic E-state index is -0.412. The third-order valence-corrected chi connectivity index (χ3v) is 3.77. The topological polar surface area (TPSA) is 81.7 Å². The molecule has 6 heteroatoms. The molecule has 0 aromatic carbocycles. The van der Waals surface area contributed by atoms with E-state index in [4.69, 9.17) is 5.11 Å². The maximum absolute atomic E-state index is 11.8. The van der Waals surface area contributed by atoms with Crippen molar-refractivity contribution in [2.75, 3.05) is 32.8 Å². The van der Waals surface area contributed by atoms with Gasteiger partial charge in [-0.05, 0) is 44.1 Å². The van der Waals surface area contributed by atoms with Gasteiger partial charge in [-0.25, -0.2) is 4.79 Å². The van der Waals surface area contributed by atoms with Gasteiger partial charge in [-0.3, -0.25) is 15.0 Å². The highest BCUT2D eigenvalue weighted by atomic mass is 16.3. The molecule has 1 heterocycles. The SMILES string of the molecule is CC(C)CCNC(=O)NC(=O)CN1CCCC(CCO)C1. The molecule has 21 heavy (non-hydrogen) atoms. The van der Waals surface area contributed by atoms with Crippen LogP contribution in [0.15, 0.2) is 0 Å². The van der Waals surface area contributed by atoms with Gasteiger partial charge in [0.1, 0.15) is 0 Å². The lowest BCUT2D eigenvalue weighted by atomic mass is 9.95. The zero-order chi connectivity index (χ0) is 15.7. The van der Waals surface area contributed by atoms with Gasteiger partial charge in [0.15, 0.2) is 0 Å². The predicted octanol–water partition coefficient (Wildman–Crippen LogP) is 0.953. The fourth-order valence-corrected chi connectivity index (χ4v) is 2.60. The van der Waals surface area contributed by atoms with Crippen LogP contribution in [0.3, 0.4) is 0 Å². The van der Waals surface area contributed by atoms with Crippen molar-refractivity contribution in [3.63, 3.8) is 0 Å². The van der Waals surface area contributed by atoms with Crippen LogP contribution in [0, 0.1) is 11.8 Å². The number of rotatable bonds is 7. The van der Waals surface area contributed by atoms with Gasteiger partial charge in [0.05, 0.1) is 6.54 Å². The highest BCUT2D eigenvalue weighted by Gasteiger charge is 2.21. The summed E-state index contributed by atoms with van der Waals surface area (Å²) in [6, 6.07) is -0.412. The molecule has 0 bridgehead atoms. The van der Waals surface area contributed by atoms with Crippen LogP contribution in [0.2, 0.25) is 0 Å². The molecule has 122 valence electrons. The monoisotopic (exact) mass is 299 g/mol. The number of piperidine rings is 1. The molecular formula is C15H29N3O3. The molecule has 0 aromatic rings. The van der Waals surface area contributed by atoms with E-state index >= 15 is 0 Å². The first-order valence-corrected chi connectivity index (χ1v) is 7.92. The summed E-state index contributed by atoms with van der Waals surface area (Å²) in [5.41, 5.74) is 0. The molecule has 1 aliphatic rings. The standard InChI is InChI=1S/C15H29N3O3/c1-12(2)5-7-16-15(21)17-14(20)11-18-8-3-4-13(10-18)6-9-19/h12-13,19H,3-11H2,1-2H3,(H2,16,17,20,21). The number of nitrogens with zero attached hydrogens (tertiary/aromatic N) is 1. The molecule has 0 saturated carbocycles. The van der Waals surface area contributed by atoms with Crippen molar-refractivity contribution < 1.29 is 14.7 Å². The Balaban J connectivity index is 2.21. The molecule has 3 N–H and O–H groups in total. The second kappa shape index (κ2) is 9.73. The fourth-order valence-electron chi connectivity index (χ4n) is 2.60. The molecule has 1 saturated heterocycles. The average molecular weight is 299 g/mol. The van der Waals surface area contributed by atoms with Crippen molar-refractivity contribution in [1.82, 2.24) is 15.5 Å². The molecule has 1 atom stereocenters. The van der Waals surface area contributed by atoms with Crippen molar-refractivity contribution in [3.8, 4) is 0 Å². The molecule has 0 radical (unpaired) electrons. The normalized spacial score (nSPS) is 19.5. The fraction of sp³-hybridized carbons (Fsp3) is 0.867. The highest BCUT2D eigenvalue weighted by molar-refractivity contribution is 5.95. The molecule has 0 spiro atoms. The third-order valence-electron chi connectivity index (χ3n) is 3.77. The first-order valence-electron chi connectivity index (χ1n) is 7.92. The number of amides is 3. The Morgan fingerprint density at radius 3 is 2.81 bits per heavy atom. The lowest BCUT2D eigenvalue weighted by Gasteiger charge is -2.31. The summed E-state index contributed by atoms with van der Waals surface area (Å²) < 4.78 is 0. The van der Waals surface area contributed by atoms with Crippen molar-refractivity contribution in [1.29, 1.82) is 0 Å². The summed E-state index contributed by atoms with van der Waals surface area (Å²) in [6.45, 7) is 6.91. The lowest BCUT2D eigenvalue weighted by Crippen LogP contribution is -2.47. The molecule has 1 aliphatic heterocycles. The zero-order valence-corrected chi connectivity index (χ0v) is 13.2. The smallest absolute Gasteiger partial charge is 0.321 e. The van der Waals surface area contributed by atoms with E-state index in [1.165, 1.54) is 0 Å². The molecule has 0 aromatic heterocycles. The maximum atomic E-state index is 11.8. The van der Waals surface area contributed by atoms with Crippen molar-refractivity contribution in [3.05, 3.63) is 0 Å². The van der Waals surface area contributed by atoms with Crippen LogP contribution in [0.25, 0.3) is 0 Å². The summed E-state index contributed by atoms with van der Waals surface area (Å²) in [5.74, 6) is 0.718. The number of hydrogen-bond acceptors (Lipinski definition) is 4. The van der Waals surface area contributed by atoms with E-state index in [1.54, 1.807) is 0 Å². The van der Waals surface area contributed by atoms with E-state index in [0.29, 0.717) is 18.4 Å².